The molecule has 0 bridgehead atoms. The van der Waals surface area contributed by atoms with Crippen LogP contribution in [0.25, 0.3) is 11.3 Å². The van der Waals surface area contributed by atoms with Crippen LogP contribution in [0.1, 0.15) is 22.7 Å². The molecule has 128 valence electrons. The fourth-order valence-electron chi connectivity index (χ4n) is 2.58. The number of hydrogen-bond donors (Lipinski definition) is 1. The highest BCUT2D eigenvalue weighted by Crippen LogP contribution is 2.32. The van der Waals surface area contributed by atoms with Gasteiger partial charge in [-0.2, -0.15) is 13.2 Å². The molecule has 0 aliphatic rings. The van der Waals surface area contributed by atoms with E-state index in [2.05, 4.69) is 4.98 Å². The van der Waals surface area contributed by atoms with Crippen molar-refractivity contribution in [3.8, 4) is 11.3 Å². The molecule has 3 aromatic rings. The van der Waals surface area contributed by atoms with Crippen molar-refractivity contribution < 1.29 is 13.2 Å². The summed E-state index contributed by atoms with van der Waals surface area (Å²) in [6.07, 6.45) is -2.72. The van der Waals surface area contributed by atoms with E-state index in [-0.39, 0.29) is 0 Å². The molecule has 0 aliphatic carbocycles. The molecule has 2 nitrogen and oxygen atoms in total. The lowest BCUT2D eigenvalue weighted by atomic mass is 9.94. The number of rotatable bonds is 3. The summed E-state index contributed by atoms with van der Waals surface area (Å²) < 4.78 is 38.1. The molecule has 0 fully saturated rings. The van der Waals surface area contributed by atoms with Gasteiger partial charge in [-0.1, -0.05) is 41.9 Å². The summed E-state index contributed by atoms with van der Waals surface area (Å²) in [5, 5.41) is 0.605. The Kier molecular flexibility index (Phi) is 4.79. The van der Waals surface area contributed by atoms with Crippen molar-refractivity contribution in [2.45, 2.75) is 12.2 Å². The zero-order valence-corrected chi connectivity index (χ0v) is 13.7. The van der Waals surface area contributed by atoms with Gasteiger partial charge in [0.1, 0.15) is 0 Å². The number of benzene rings is 2. The fourth-order valence-corrected chi connectivity index (χ4v) is 2.70. The second-order valence-electron chi connectivity index (χ2n) is 5.55. The van der Waals surface area contributed by atoms with Crippen LogP contribution in [0.2, 0.25) is 5.02 Å². The van der Waals surface area contributed by atoms with Gasteiger partial charge in [0, 0.05) is 16.8 Å². The normalized spacial score (nSPS) is 12.8. The third-order valence-corrected chi connectivity index (χ3v) is 4.14. The van der Waals surface area contributed by atoms with Gasteiger partial charge in [-0.25, -0.2) is 0 Å². The van der Waals surface area contributed by atoms with Crippen LogP contribution in [0.3, 0.4) is 0 Å². The van der Waals surface area contributed by atoms with Crippen molar-refractivity contribution in [2.75, 3.05) is 0 Å². The molecule has 6 heteroatoms. The van der Waals surface area contributed by atoms with Gasteiger partial charge in [0.25, 0.3) is 0 Å². The Morgan fingerprint density at radius 2 is 1.56 bits per heavy atom. The fraction of sp³-hybridized carbons (Fsp3) is 0.105. The number of nitrogens with zero attached hydrogens (tertiary/aromatic N) is 1. The maximum absolute atomic E-state index is 12.7. The molecule has 0 amide bonds. The van der Waals surface area contributed by atoms with E-state index in [0.29, 0.717) is 16.3 Å². The molecule has 0 aliphatic heterocycles. The quantitative estimate of drug-likeness (QED) is 0.671. The first-order valence-electron chi connectivity index (χ1n) is 7.50. The Hall–Kier alpha value is -2.37. The van der Waals surface area contributed by atoms with Crippen molar-refractivity contribution in [1.29, 1.82) is 0 Å². The second-order valence-corrected chi connectivity index (χ2v) is 5.98. The molecule has 2 N–H and O–H groups in total. The number of pyridine rings is 1. The highest BCUT2D eigenvalue weighted by molar-refractivity contribution is 6.30. The van der Waals surface area contributed by atoms with Gasteiger partial charge < -0.3 is 5.73 Å². The summed E-state index contributed by atoms with van der Waals surface area (Å²) in [4.78, 5) is 4.38. The summed E-state index contributed by atoms with van der Waals surface area (Å²) >= 11 is 5.91. The lowest BCUT2D eigenvalue weighted by Gasteiger charge is -2.17. The molecule has 1 unspecified atom stereocenters. The van der Waals surface area contributed by atoms with Crippen LogP contribution in [0, 0.1) is 0 Å². The van der Waals surface area contributed by atoms with Crippen molar-refractivity contribution >= 4 is 11.6 Å². The number of halogens is 4. The Labute approximate surface area is 148 Å². The highest BCUT2D eigenvalue weighted by atomic mass is 35.5. The van der Waals surface area contributed by atoms with E-state index in [0.717, 1.165) is 23.3 Å². The first-order valence-corrected chi connectivity index (χ1v) is 7.87. The van der Waals surface area contributed by atoms with Crippen molar-refractivity contribution in [3.63, 3.8) is 0 Å². The Morgan fingerprint density at radius 1 is 0.920 bits per heavy atom. The van der Waals surface area contributed by atoms with Gasteiger partial charge in [-0.3, -0.25) is 4.98 Å². The number of aromatic nitrogens is 1. The minimum atomic E-state index is -4.37. The van der Waals surface area contributed by atoms with Crippen LogP contribution < -0.4 is 5.73 Å². The number of alkyl halides is 3. The minimum Gasteiger partial charge on any atom is -0.320 e. The van der Waals surface area contributed by atoms with E-state index in [4.69, 9.17) is 17.3 Å². The molecular weight excluding hydrogens is 349 g/mol. The summed E-state index contributed by atoms with van der Waals surface area (Å²) in [5.74, 6) is 0. The third-order valence-electron chi connectivity index (χ3n) is 3.89. The predicted octanol–water partition coefficient (Wildman–Crippen LogP) is 5.47. The first kappa shape index (κ1) is 17.5. The molecular formula is C19H14ClF3N2. The van der Waals surface area contributed by atoms with Crippen LogP contribution >= 0.6 is 11.6 Å². The monoisotopic (exact) mass is 362 g/mol. The predicted molar refractivity (Wildman–Crippen MR) is 92.2 cm³/mol. The first-order chi connectivity index (χ1) is 11.9. The minimum absolute atomic E-state index is 0.580. The lowest BCUT2D eigenvalue weighted by molar-refractivity contribution is -0.137. The molecule has 1 aromatic heterocycles. The van der Waals surface area contributed by atoms with Gasteiger partial charge in [0.15, 0.2) is 0 Å². The molecule has 0 saturated carbocycles. The van der Waals surface area contributed by atoms with Gasteiger partial charge in [-0.15, -0.1) is 0 Å². The maximum Gasteiger partial charge on any atom is 0.416 e. The molecule has 0 radical (unpaired) electrons. The van der Waals surface area contributed by atoms with E-state index in [1.807, 2.05) is 18.2 Å². The molecule has 25 heavy (non-hydrogen) atoms. The summed E-state index contributed by atoms with van der Waals surface area (Å²) in [6.45, 7) is 0. The van der Waals surface area contributed by atoms with Crippen molar-refractivity contribution in [3.05, 3.63) is 88.6 Å². The summed E-state index contributed by atoms with van der Waals surface area (Å²) in [5.41, 5.74) is 8.41. The van der Waals surface area contributed by atoms with Crippen LogP contribution in [0.15, 0.2) is 66.9 Å². The lowest BCUT2D eigenvalue weighted by Crippen LogP contribution is -2.14. The average Bonchev–Trinajstić information content (AvgIpc) is 2.61. The van der Waals surface area contributed by atoms with Crippen LogP contribution in [0.4, 0.5) is 13.2 Å². The molecule has 2 aromatic carbocycles. The topological polar surface area (TPSA) is 38.9 Å². The Bertz CT molecular complexity index is 859. The molecule has 0 saturated heterocycles. The second kappa shape index (κ2) is 6.86. The van der Waals surface area contributed by atoms with E-state index >= 15 is 0 Å². The number of nitrogens with two attached hydrogens (primary N) is 1. The van der Waals surface area contributed by atoms with Gasteiger partial charge in [0.05, 0.1) is 17.3 Å². The number of hydrogen-bond acceptors (Lipinski definition) is 2. The summed E-state index contributed by atoms with van der Waals surface area (Å²) in [6, 6.07) is 15.0. The van der Waals surface area contributed by atoms with Crippen LogP contribution in [0.5, 0.6) is 0 Å². The van der Waals surface area contributed by atoms with Crippen LogP contribution in [-0.2, 0) is 6.18 Å². The zero-order chi connectivity index (χ0) is 18.0. The average molecular weight is 363 g/mol. The van der Waals surface area contributed by atoms with Gasteiger partial charge in [0.2, 0.25) is 0 Å². The van der Waals surface area contributed by atoms with Gasteiger partial charge in [-0.05, 0) is 41.5 Å². The van der Waals surface area contributed by atoms with Crippen molar-refractivity contribution in [2.24, 2.45) is 5.73 Å². The molecule has 1 atom stereocenters. The smallest absolute Gasteiger partial charge is 0.320 e. The van der Waals surface area contributed by atoms with Gasteiger partial charge >= 0.3 is 6.18 Å². The van der Waals surface area contributed by atoms with E-state index in [1.165, 1.54) is 12.1 Å². The Morgan fingerprint density at radius 3 is 2.16 bits per heavy atom. The van der Waals surface area contributed by atoms with E-state index in [9.17, 15) is 13.2 Å². The maximum atomic E-state index is 12.7. The molecule has 1 heterocycles. The molecule has 3 rings (SSSR count). The molecule has 0 spiro atoms. The zero-order valence-electron chi connectivity index (χ0n) is 13.0. The highest BCUT2D eigenvalue weighted by Gasteiger charge is 2.30. The van der Waals surface area contributed by atoms with Crippen molar-refractivity contribution in [1.82, 2.24) is 4.98 Å². The Balaban J connectivity index is 1.98. The standard InChI is InChI=1S/C19H14ClF3N2/c20-15-9-5-13(6-10-15)18-16(2-1-11-25-18)17(24)12-3-7-14(8-4-12)19(21,22)23/h1-11,17H,24H2. The SMILES string of the molecule is NC(c1ccc(C(F)(F)F)cc1)c1cccnc1-c1ccc(Cl)cc1. The van der Waals surface area contributed by atoms with E-state index < -0.39 is 17.8 Å². The summed E-state index contributed by atoms with van der Waals surface area (Å²) in [7, 11) is 0. The van der Waals surface area contributed by atoms with E-state index in [1.54, 1.807) is 24.4 Å². The third kappa shape index (κ3) is 3.83. The largest absolute Gasteiger partial charge is 0.416 e. The van der Waals surface area contributed by atoms with Crippen LogP contribution in [-0.4, -0.2) is 4.98 Å².